The Morgan fingerprint density at radius 3 is 0.800 bits per heavy atom. The molecule has 0 saturated heterocycles. The van der Waals surface area contributed by atoms with Gasteiger partial charge in [0.05, 0.1) is 0 Å². The molecule has 0 atom stereocenters. The summed E-state index contributed by atoms with van der Waals surface area (Å²) in [5.74, 6) is 0. The van der Waals surface area contributed by atoms with Gasteiger partial charge in [-0.2, -0.15) is 0 Å². The third kappa shape index (κ3) is 38.8. The van der Waals surface area contributed by atoms with E-state index in [1.807, 2.05) is 14.4 Å². The molecule has 0 spiro atoms. The van der Waals surface area contributed by atoms with Gasteiger partial charge < -0.3 is 5.53 Å². The van der Waals surface area contributed by atoms with E-state index in [0.29, 0.717) is 0 Å². The second kappa shape index (κ2) is 56.2. The fourth-order valence-corrected chi connectivity index (χ4v) is 13.4. The van der Waals surface area contributed by atoms with Crippen LogP contribution >= 0.6 is 0 Å². The van der Waals surface area contributed by atoms with E-state index < -0.39 is 0 Å². The van der Waals surface area contributed by atoms with Gasteiger partial charge in [0.1, 0.15) is 0 Å². The number of benzene rings is 2. The Labute approximate surface area is 507 Å². The number of unbranched alkanes of at least 4 members (excludes halogenated alkanes) is 43. The zero-order valence-corrected chi connectivity index (χ0v) is 55.7. The minimum atomic E-state index is 1.01. The number of allylic oxidation sites excluding steroid dienone is 2. The normalized spacial score (nSPS) is 12.7. The maximum absolute atomic E-state index is 11.9. The van der Waals surface area contributed by atoms with Crippen LogP contribution < -0.4 is 0 Å². The summed E-state index contributed by atoms with van der Waals surface area (Å²) in [4.78, 5) is 0. The number of hydrogen-bond donors (Lipinski definition) is 0. The molecule has 3 heteroatoms. The Morgan fingerprint density at radius 1 is 0.275 bits per heavy atom. The van der Waals surface area contributed by atoms with Crippen LogP contribution in [0.2, 0.25) is 10.8 Å². The summed E-state index contributed by atoms with van der Waals surface area (Å²) >= 11 is 2.05. The zero-order chi connectivity index (χ0) is 57.5. The Kier molecular flexibility index (Phi) is 52.0. The number of aryl methyl sites for hydroxylation is 2. The van der Waals surface area contributed by atoms with Crippen LogP contribution in [0.15, 0.2) is 59.7 Å². The van der Waals surface area contributed by atoms with E-state index >= 15 is 0 Å². The monoisotopic (exact) mass is 1150 g/mol. The molecule has 464 valence electrons. The molecule has 1 aliphatic heterocycles. The molecule has 0 aliphatic carbocycles. The molecule has 0 saturated carbocycles. The van der Waals surface area contributed by atoms with Crippen LogP contribution in [0.3, 0.4) is 0 Å². The van der Waals surface area contributed by atoms with Crippen molar-refractivity contribution in [2.24, 2.45) is 0 Å². The summed E-state index contributed by atoms with van der Waals surface area (Å²) in [6.07, 6.45) is 73.9. The summed E-state index contributed by atoms with van der Waals surface area (Å²) in [5, 5.41) is 2.87. The molecule has 0 unspecified atom stereocenters. The Balaban J connectivity index is 0.000000551. The van der Waals surface area contributed by atoms with Gasteiger partial charge >= 0.3 is 166 Å². The smallest absolute Gasteiger partial charge is 0.493 e. The van der Waals surface area contributed by atoms with Crippen LogP contribution in [0.1, 0.15) is 391 Å². The molecule has 0 bridgehead atoms. The molecule has 1 aliphatic rings. The molecular weight excluding hydrogens is 1010 g/mol. The number of hydrogen-bond acceptors (Lipinski definition) is 0. The average molecular weight is 1150 g/mol. The summed E-state index contributed by atoms with van der Waals surface area (Å²) in [5.41, 5.74) is 21.7. The summed E-state index contributed by atoms with van der Waals surface area (Å²) < 4.78 is 1.55. The Morgan fingerprint density at radius 2 is 0.512 bits per heavy atom. The summed E-state index contributed by atoms with van der Waals surface area (Å²) in [7, 11) is 0. The third-order valence-electron chi connectivity index (χ3n) is 17.4. The first-order chi connectivity index (χ1) is 39.6. The van der Waals surface area contributed by atoms with Crippen LogP contribution in [0.4, 0.5) is 0 Å². The van der Waals surface area contributed by atoms with Gasteiger partial charge in [-0.3, -0.25) is 0 Å². The molecule has 3 rings (SSSR count). The van der Waals surface area contributed by atoms with Crippen LogP contribution in [0, 0.1) is 0 Å². The van der Waals surface area contributed by atoms with Gasteiger partial charge in [0.2, 0.25) is 11.4 Å². The van der Waals surface area contributed by atoms with Crippen molar-refractivity contribution in [3.63, 3.8) is 0 Å². The SMILES string of the molecule is CCCCCCCCCCCCCCCCCCCC[CH2][Ni][CH2]CCCCCCCCCCCCCCCCCCCC.CCCCCCc1cccc(C2=C(CCCC)C(CCCC)=C(c3cccc(CCCCC)c3)[N+]2=[N-])c1. The molecule has 2 aromatic rings. The van der Waals surface area contributed by atoms with E-state index in [2.05, 4.69) is 90.1 Å². The topological polar surface area (TPSA) is 25.3 Å². The Bertz CT molecular complexity index is 1710. The van der Waals surface area contributed by atoms with Crippen LogP contribution in [-0.4, -0.2) is 4.70 Å². The van der Waals surface area contributed by atoms with Crippen molar-refractivity contribution in [3.05, 3.63) is 87.5 Å². The van der Waals surface area contributed by atoms with E-state index in [4.69, 9.17) is 0 Å². The predicted molar refractivity (Wildman–Crippen MR) is 357 cm³/mol. The predicted octanol–water partition coefficient (Wildman–Crippen LogP) is 27.9. The van der Waals surface area contributed by atoms with Gasteiger partial charge in [-0.15, -0.1) is 0 Å². The standard InChI is InChI=1S/C35H50N2.2C21H43.Ni/c1-5-9-13-15-19-29-21-17-23-31(27-29)35-33(25-12-8-4)32(24-11-7-3)34(37(35)36)30-22-16-20-28(26-30)18-14-10-6-2;2*1-3-5-7-9-11-13-15-17-19-21-20-18-16-14-12-10-8-6-4-2;/h16-17,20-23,26-27H,5-15,18-19,24-25H2,1-4H3;2*1,3-21H2,2H3;. The van der Waals surface area contributed by atoms with Crippen molar-refractivity contribution >= 4 is 11.4 Å². The third-order valence-corrected chi connectivity index (χ3v) is 18.8. The second-order valence-corrected chi connectivity index (χ2v) is 26.5. The summed E-state index contributed by atoms with van der Waals surface area (Å²) in [6.45, 7) is 13.7. The molecule has 1 heterocycles. The van der Waals surface area contributed by atoms with E-state index in [9.17, 15) is 5.53 Å². The second-order valence-electron chi connectivity index (χ2n) is 25.0. The number of rotatable bonds is 57. The minimum absolute atomic E-state index is 1.01. The van der Waals surface area contributed by atoms with Crippen molar-refractivity contribution in [1.29, 1.82) is 0 Å². The van der Waals surface area contributed by atoms with Gasteiger partial charge in [0.25, 0.3) is 0 Å². The van der Waals surface area contributed by atoms with Crippen LogP contribution in [0.25, 0.3) is 16.9 Å². The van der Waals surface area contributed by atoms with Gasteiger partial charge in [0.15, 0.2) is 0 Å². The van der Waals surface area contributed by atoms with E-state index in [1.165, 1.54) is 322 Å². The van der Waals surface area contributed by atoms with Crippen molar-refractivity contribution in [2.45, 2.75) is 393 Å². The molecule has 2 nitrogen and oxygen atoms in total. The molecule has 0 radical (unpaired) electrons. The molecule has 2 aromatic carbocycles. The quantitative estimate of drug-likeness (QED) is 0.0358. The van der Waals surface area contributed by atoms with Crippen LogP contribution in [-0.2, 0) is 27.3 Å². The van der Waals surface area contributed by atoms with E-state index in [-0.39, 0.29) is 0 Å². The first kappa shape index (κ1) is 74.1. The van der Waals surface area contributed by atoms with Crippen LogP contribution in [0.5, 0.6) is 0 Å². The van der Waals surface area contributed by atoms with E-state index in [0.717, 1.165) is 73.9 Å². The molecule has 0 amide bonds. The van der Waals surface area contributed by atoms with Crippen molar-refractivity contribution in [3.8, 4) is 0 Å². The van der Waals surface area contributed by atoms with Gasteiger partial charge in [-0.05, 0) is 86.8 Å². The maximum atomic E-state index is 11.9. The number of nitrogens with zero attached hydrogens (tertiary/aromatic N) is 2. The summed E-state index contributed by atoms with van der Waals surface area (Å²) in [6, 6.07) is 17.9. The first-order valence-electron chi connectivity index (χ1n) is 36.1. The zero-order valence-electron chi connectivity index (χ0n) is 54.7. The van der Waals surface area contributed by atoms with Gasteiger partial charge in [-0.1, -0.05) is 213 Å². The average Bonchev–Trinajstić information content (AvgIpc) is 3.85. The first-order valence-corrected chi connectivity index (χ1v) is 37.5. The fraction of sp³-hybridized carbons (Fsp3) is 0.792. The van der Waals surface area contributed by atoms with Crippen molar-refractivity contribution in [2.75, 3.05) is 0 Å². The van der Waals surface area contributed by atoms with Gasteiger partial charge in [-0.25, -0.2) is 4.70 Å². The fourth-order valence-electron chi connectivity index (χ4n) is 12.1. The molecule has 0 N–H and O–H groups in total. The van der Waals surface area contributed by atoms with E-state index in [1.54, 1.807) is 4.70 Å². The molecular formula is C77H136N2Ni. The minimum Gasteiger partial charge on any atom is -0.493 e. The van der Waals surface area contributed by atoms with Gasteiger partial charge in [0, 0.05) is 22.3 Å². The molecule has 0 fully saturated rings. The van der Waals surface area contributed by atoms with Crippen molar-refractivity contribution < 1.29 is 19.1 Å². The Hall–Kier alpha value is -1.99. The van der Waals surface area contributed by atoms with Crippen molar-refractivity contribution in [1.82, 2.24) is 0 Å². The molecule has 80 heavy (non-hydrogen) atoms. The molecule has 0 aromatic heterocycles.